The fraction of sp³-hybridized carbons (Fsp3) is 0.118. The Hall–Kier alpha value is -2.19. The van der Waals surface area contributed by atoms with Crippen molar-refractivity contribution in [1.29, 1.82) is 0 Å². The molecule has 0 aromatic heterocycles. The van der Waals surface area contributed by atoms with Gasteiger partial charge in [-0.2, -0.15) is 0 Å². The summed E-state index contributed by atoms with van der Waals surface area (Å²) in [5.74, 6) is 0.0257. The molecule has 2 nitrogen and oxygen atoms in total. The zero-order chi connectivity index (χ0) is 13.1. The van der Waals surface area contributed by atoms with Crippen LogP contribution in [0.1, 0.15) is 17.2 Å². The van der Waals surface area contributed by atoms with Gasteiger partial charge in [0.15, 0.2) is 11.9 Å². The third kappa shape index (κ3) is 2.80. The molecule has 2 aromatic rings. The monoisotopic (exact) mass is 250 g/mol. The Bertz CT molecular complexity index is 587. The van der Waals surface area contributed by atoms with Gasteiger partial charge in [-0.1, -0.05) is 66.7 Å². The molecule has 2 atom stereocenters. The van der Waals surface area contributed by atoms with Gasteiger partial charge in [0.2, 0.25) is 0 Å². The lowest BCUT2D eigenvalue weighted by molar-refractivity contribution is -0.115. The molecule has 0 spiro atoms. The number of carbonyl (C=O) groups excluding carboxylic acids is 1. The first-order valence-electron chi connectivity index (χ1n) is 6.32. The number of ether oxygens (including phenoxy) is 1. The van der Waals surface area contributed by atoms with Crippen LogP contribution in [0.25, 0.3) is 6.08 Å². The minimum absolute atomic E-state index is 0.0257. The van der Waals surface area contributed by atoms with Gasteiger partial charge in [0.25, 0.3) is 0 Å². The van der Waals surface area contributed by atoms with Crippen molar-refractivity contribution in [1.82, 2.24) is 0 Å². The summed E-state index contributed by atoms with van der Waals surface area (Å²) in [6.45, 7) is 0. The van der Waals surface area contributed by atoms with E-state index >= 15 is 0 Å². The minimum Gasteiger partial charge on any atom is -0.356 e. The highest BCUT2D eigenvalue weighted by Gasteiger charge is 2.44. The highest BCUT2D eigenvalue weighted by molar-refractivity contribution is 5.99. The molecule has 0 radical (unpaired) electrons. The van der Waals surface area contributed by atoms with Crippen LogP contribution in [0.2, 0.25) is 0 Å². The van der Waals surface area contributed by atoms with Crippen LogP contribution in [0.4, 0.5) is 0 Å². The van der Waals surface area contributed by atoms with E-state index in [0.717, 1.165) is 11.1 Å². The molecule has 2 unspecified atom stereocenters. The molecular weight excluding hydrogens is 236 g/mol. The maximum absolute atomic E-state index is 12.0. The smallest absolute Gasteiger partial charge is 0.187 e. The van der Waals surface area contributed by atoms with E-state index in [1.165, 1.54) is 0 Å². The summed E-state index contributed by atoms with van der Waals surface area (Å²) < 4.78 is 5.45. The van der Waals surface area contributed by atoms with E-state index in [2.05, 4.69) is 0 Å². The van der Waals surface area contributed by atoms with Crippen LogP contribution >= 0.6 is 0 Å². The van der Waals surface area contributed by atoms with E-state index in [9.17, 15) is 4.79 Å². The summed E-state index contributed by atoms with van der Waals surface area (Å²) >= 11 is 0. The number of epoxide rings is 1. The number of hydrogen-bond acceptors (Lipinski definition) is 2. The van der Waals surface area contributed by atoms with Gasteiger partial charge in [0, 0.05) is 0 Å². The molecule has 0 saturated carbocycles. The number of carbonyl (C=O) groups is 1. The number of benzene rings is 2. The molecule has 0 bridgehead atoms. The van der Waals surface area contributed by atoms with E-state index in [1.54, 1.807) is 6.08 Å². The second-order valence-corrected chi connectivity index (χ2v) is 4.53. The van der Waals surface area contributed by atoms with Crippen LogP contribution in [0.15, 0.2) is 66.7 Å². The van der Waals surface area contributed by atoms with Crippen molar-refractivity contribution < 1.29 is 9.53 Å². The lowest BCUT2D eigenvalue weighted by Gasteiger charge is -1.93. The molecular formula is C17H14O2. The second kappa shape index (κ2) is 5.21. The van der Waals surface area contributed by atoms with Gasteiger partial charge in [-0.3, -0.25) is 4.79 Å². The first kappa shape index (κ1) is 11.9. The summed E-state index contributed by atoms with van der Waals surface area (Å²) in [6.07, 6.45) is 3.03. The molecule has 1 heterocycles. The van der Waals surface area contributed by atoms with Gasteiger partial charge >= 0.3 is 0 Å². The molecule has 1 aliphatic heterocycles. The predicted molar refractivity (Wildman–Crippen MR) is 74.5 cm³/mol. The first-order chi connectivity index (χ1) is 9.34. The van der Waals surface area contributed by atoms with Crippen molar-refractivity contribution in [3.8, 4) is 0 Å². The van der Waals surface area contributed by atoms with E-state index in [1.807, 2.05) is 66.7 Å². The number of ketones is 1. The number of rotatable bonds is 4. The SMILES string of the molecule is O=C(/C=C/c1ccccc1)C1OC1c1ccccc1. The standard InChI is InChI=1S/C17H14O2/c18-15(12-11-13-7-3-1-4-8-13)17-16(19-17)14-9-5-2-6-10-14/h1-12,16-17H/b12-11+. The first-order valence-corrected chi connectivity index (χ1v) is 6.32. The van der Waals surface area contributed by atoms with E-state index in [4.69, 9.17) is 4.74 Å². The lowest BCUT2D eigenvalue weighted by atomic mass is 10.1. The normalized spacial score (nSPS) is 21.5. The van der Waals surface area contributed by atoms with Crippen LogP contribution < -0.4 is 0 Å². The zero-order valence-electron chi connectivity index (χ0n) is 10.4. The maximum Gasteiger partial charge on any atom is 0.187 e. The highest BCUT2D eigenvalue weighted by atomic mass is 16.6. The van der Waals surface area contributed by atoms with Gasteiger partial charge in [0.05, 0.1) is 0 Å². The Morgan fingerprint density at radius 2 is 1.58 bits per heavy atom. The third-order valence-electron chi connectivity index (χ3n) is 3.14. The topological polar surface area (TPSA) is 29.6 Å². The van der Waals surface area contributed by atoms with Crippen molar-refractivity contribution >= 4 is 11.9 Å². The Kier molecular flexibility index (Phi) is 3.25. The van der Waals surface area contributed by atoms with Crippen molar-refractivity contribution in [2.75, 3.05) is 0 Å². The largest absolute Gasteiger partial charge is 0.356 e. The molecule has 2 heteroatoms. The van der Waals surface area contributed by atoms with Crippen LogP contribution in [0.5, 0.6) is 0 Å². The van der Waals surface area contributed by atoms with Crippen molar-refractivity contribution in [2.24, 2.45) is 0 Å². The molecule has 1 aliphatic rings. The van der Waals surface area contributed by atoms with E-state index < -0.39 is 0 Å². The summed E-state index contributed by atoms with van der Waals surface area (Å²) in [4.78, 5) is 12.0. The van der Waals surface area contributed by atoms with Gasteiger partial charge in [-0.15, -0.1) is 0 Å². The Labute approximate surface area is 112 Å². The summed E-state index contributed by atoms with van der Waals surface area (Å²) in [5, 5.41) is 0. The fourth-order valence-electron chi connectivity index (χ4n) is 2.06. The van der Waals surface area contributed by atoms with Gasteiger partial charge in [-0.25, -0.2) is 0 Å². The van der Waals surface area contributed by atoms with Crippen LogP contribution in [0.3, 0.4) is 0 Å². The van der Waals surface area contributed by atoms with Crippen molar-refractivity contribution in [2.45, 2.75) is 12.2 Å². The maximum atomic E-state index is 12.0. The summed E-state index contributed by atoms with van der Waals surface area (Å²) in [7, 11) is 0. The average Bonchev–Trinajstić information content (AvgIpc) is 3.27. The molecule has 19 heavy (non-hydrogen) atoms. The molecule has 94 valence electrons. The molecule has 0 amide bonds. The zero-order valence-corrected chi connectivity index (χ0v) is 10.4. The Morgan fingerprint density at radius 1 is 0.947 bits per heavy atom. The Morgan fingerprint density at radius 3 is 2.26 bits per heavy atom. The molecule has 3 rings (SSSR count). The van der Waals surface area contributed by atoms with E-state index in [0.29, 0.717) is 0 Å². The predicted octanol–water partition coefficient (Wildman–Crippen LogP) is 3.41. The van der Waals surface area contributed by atoms with Crippen LogP contribution in [0, 0.1) is 0 Å². The molecule has 0 N–H and O–H groups in total. The van der Waals surface area contributed by atoms with Crippen LogP contribution in [-0.2, 0) is 9.53 Å². The van der Waals surface area contributed by atoms with Crippen LogP contribution in [-0.4, -0.2) is 11.9 Å². The van der Waals surface area contributed by atoms with Gasteiger partial charge < -0.3 is 4.74 Å². The third-order valence-corrected chi connectivity index (χ3v) is 3.14. The highest BCUT2D eigenvalue weighted by Crippen LogP contribution is 2.39. The van der Waals surface area contributed by atoms with Crippen molar-refractivity contribution in [3.05, 3.63) is 77.9 Å². The molecule has 1 saturated heterocycles. The van der Waals surface area contributed by atoms with Crippen molar-refractivity contribution in [3.63, 3.8) is 0 Å². The Balaban J connectivity index is 1.63. The molecule has 2 aromatic carbocycles. The quantitative estimate of drug-likeness (QED) is 0.614. The molecule has 0 aliphatic carbocycles. The fourth-order valence-corrected chi connectivity index (χ4v) is 2.06. The summed E-state index contributed by atoms with van der Waals surface area (Å²) in [5.41, 5.74) is 2.08. The average molecular weight is 250 g/mol. The second-order valence-electron chi connectivity index (χ2n) is 4.53. The lowest BCUT2D eigenvalue weighted by Crippen LogP contribution is -2.03. The summed E-state index contributed by atoms with van der Waals surface area (Å²) in [6, 6.07) is 19.6. The molecule has 1 fully saturated rings. The van der Waals surface area contributed by atoms with Gasteiger partial charge in [-0.05, 0) is 17.2 Å². The van der Waals surface area contributed by atoms with Gasteiger partial charge in [0.1, 0.15) is 6.10 Å². The minimum atomic E-state index is -0.317. The number of hydrogen-bond donors (Lipinski definition) is 0. The van der Waals surface area contributed by atoms with E-state index in [-0.39, 0.29) is 18.0 Å².